The van der Waals surface area contributed by atoms with E-state index in [0.717, 1.165) is 13.1 Å². The maximum Gasteiger partial charge on any atom is 0.433 e. The van der Waals surface area contributed by atoms with E-state index in [2.05, 4.69) is 4.98 Å². The number of hydrogen-bond acceptors (Lipinski definition) is 8. The number of nitrogens with zero attached hydrogens (tertiary/aromatic N) is 4. The van der Waals surface area contributed by atoms with Crippen molar-refractivity contribution in [2.24, 2.45) is 17.8 Å². The van der Waals surface area contributed by atoms with Gasteiger partial charge in [-0.25, -0.2) is 31.8 Å². The molecular formula is C35H23Cl3F8N4O6. The molecule has 4 aliphatic rings. The smallest absolute Gasteiger partial charge is 0.433 e. The van der Waals surface area contributed by atoms with E-state index in [1.165, 1.54) is 24.3 Å². The average molecular weight is 854 g/mol. The van der Waals surface area contributed by atoms with Gasteiger partial charge in [0.25, 0.3) is 23.6 Å². The van der Waals surface area contributed by atoms with Crippen LogP contribution in [-0.2, 0) is 25.4 Å². The summed E-state index contributed by atoms with van der Waals surface area (Å²) in [5.41, 5.74) is -3.67. The fraction of sp³-hybridized carbons (Fsp3) is 0.343. The molecule has 6 atom stereocenters. The normalized spacial score (nSPS) is 27.3. The zero-order chi connectivity index (χ0) is 41.1. The van der Waals surface area contributed by atoms with Crippen LogP contribution in [0.15, 0.2) is 42.0 Å². The highest BCUT2D eigenvalue weighted by molar-refractivity contribution is 6.58. The molecule has 1 N–H and O–H groups in total. The molecular weight excluding hydrogens is 831 g/mol. The Kier molecular flexibility index (Phi) is 9.32. The van der Waals surface area contributed by atoms with Gasteiger partial charge in [0.2, 0.25) is 5.82 Å². The number of para-hydroxylation sites is 1. The third kappa shape index (κ3) is 5.23. The minimum absolute atomic E-state index is 0.00161. The monoisotopic (exact) mass is 852 g/mol. The van der Waals surface area contributed by atoms with Gasteiger partial charge in [-0.2, -0.15) is 18.2 Å². The lowest BCUT2D eigenvalue weighted by atomic mass is 9.56. The number of amides is 4. The van der Waals surface area contributed by atoms with Crippen molar-refractivity contribution in [2.75, 3.05) is 23.6 Å². The van der Waals surface area contributed by atoms with Gasteiger partial charge >= 0.3 is 6.18 Å². The average Bonchev–Trinajstić information content (AvgIpc) is 3.48. The molecule has 296 valence electrons. The van der Waals surface area contributed by atoms with Crippen LogP contribution >= 0.6 is 34.8 Å². The van der Waals surface area contributed by atoms with Gasteiger partial charge in [-0.15, -0.1) is 23.2 Å². The van der Waals surface area contributed by atoms with Gasteiger partial charge in [-0.05, 0) is 43.9 Å². The van der Waals surface area contributed by atoms with Crippen molar-refractivity contribution < 1.29 is 64.1 Å². The van der Waals surface area contributed by atoms with Crippen molar-refractivity contribution in [2.45, 2.75) is 41.6 Å². The molecule has 0 spiro atoms. The Labute approximate surface area is 325 Å². The number of aromatic nitrogens is 1. The summed E-state index contributed by atoms with van der Waals surface area (Å²) >= 11 is 20.4. The van der Waals surface area contributed by atoms with Gasteiger partial charge in [0, 0.05) is 18.5 Å². The topological polar surface area (TPSA) is 120 Å². The summed E-state index contributed by atoms with van der Waals surface area (Å²) < 4.78 is 120. The van der Waals surface area contributed by atoms with Gasteiger partial charge in [-0.1, -0.05) is 35.4 Å². The predicted octanol–water partition coefficient (Wildman–Crippen LogP) is 7.17. The molecule has 4 amide bonds. The molecule has 56 heavy (non-hydrogen) atoms. The Morgan fingerprint density at radius 1 is 0.929 bits per heavy atom. The third-order valence-electron chi connectivity index (χ3n) is 10.6. The van der Waals surface area contributed by atoms with Crippen molar-refractivity contribution in [3.63, 3.8) is 0 Å². The SMILES string of the molecule is CCOc1cccc([C@H]2C3=CC[C@@H]4C(=O)N(N(C)c5nc(C(F)(F)F)ccc5Cl)C(=O)[C@@H]4[C@@H]3C[C@@]3(Cl)C(=O)N(c4c(F)c(F)c(F)c(F)c4F)C(=O)[C@@]23Cl)c1O. The molecule has 2 aliphatic heterocycles. The summed E-state index contributed by atoms with van der Waals surface area (Å²) in [5, 5.41) is 12.3. The van der Waals surface area contributed by atoms with Crippen LogP contribution in [0.25, 0.3) is 0 Å². The Bertz CT molecular complexity index is 2290. The molecule has 3 fully saturated rings. The highest BCUT2D eigenvalue weighted by Crippen LogP contribution is 2.67. The lowest BCUT2D eigenvalue weighted by Crippen LogP contribution is -2.60. The van der Waals surface area contributed by atoms with E-state index in [4.69, 9.17) is 39.5 Å². The van der Waals surface area contributed by atoms with E-state index in [0.29, 0.717) is 16.1 Å². The maximum atomic E-state index is 15.3. The van der Waals surface area contributed by atoms with Crippen molar-refractivity contribution >= 4 is 69.9 Å². The van der Waals surface area contributed by atoms with Gasteiger partial charge in [0.05, 0.1) is 23.5 Å². The van der Waals surface area contributed by atoms with Crippen LogP contribution in [0.4, 0.5) is 46.6 Å². The van der Waals surface area contributed by atoms with Crippen LogP contribution < -0.4 is 14.6 Å². The van der Waals surface area contributed by atoms with Crippen LogP contribution in [0.1, 0.15) is 36.9 Å². The molecule has 1 saturated carbocycles. The number of carbonyl (C=O) groups excluding carboxylic acids is 4. The van der Waals surface area contributed by atoms with Crippen LogP contribution in [0, 0.1) is 46.8 Å². The Balaban J connectivity index is 1.41. The van der Waals surface area contributed by atoms with E-state index in [1.54, 1.807) is 6.92 Å². The molecule has 21 heteroatoms. The number of phenols is 1. The van der Waals surface area contributed by atoms with Gasteiger partial charge in [-0.3, -0.25) is 24.2 Å². The molecule has 2 aliphatic carbocycles. The molecule has 7 rings (SSSR count). The predicted molar refractivity (Wildman–Crippen MR) is 180 cm³/mol. The molecule has 2 saturated heterocycles. The molecule has 0 radical (unpaired) electrons. The fourth-order valence-corrected chi connectivity index (χ4v) is 9.30. The Morgan fingerprint density at radius 3 is 2.16 bits per heavy atom. The second-order valence-electron chi connectivity index (χ2n) is 13.3. The summed E-state index contributed by atoms with van der Waals surface area (Å²) in [6, 6.07) is 5.30. The Hall–Kier alpha value is -4.68. The second-order valence-corrected chi connectivity index (χ2v) is 15.0. The maximum absolute atomic E-state index is 15.3. The highest BCUT2D eigenvalue weighted by Gasteiger charge is 2.77. The largest absolute Gasteiger partial charge is 0.504 e. The number of hydrogen-bond donors (Lipinski definition) is 1. The van der Waals surface area contributed by atoms with Gasteiger partial charge in [0.1, 0.15) is 11.4 Å². The lowest BCUT2D eigenvalue weighted by Gasteiger charge is -2.50. The number of ether oxygens (including phenoxy) is 1. The number of fused-ring (bicyclic) bond motifs is 4. The zero-order valence-electron chi connectivity index (χ0n) is 28.3. The molecule has 0 bridgehead atoms. The number of alkyl halides is 5. The van der Waals surface area contributed by atoms with Crippen LogP contribution in [0.2, 0.25) is 5.02 Å². The summed E-state index contributed by atoms with van der Waals surface area (Å²) in [5.74, 6) is -25.8. The molecule has 2 aromatic carbocycles. The molecule has 3 aromatic rings. The number of imide groups is 2. The van der Waals surface area contributed by atoms with E-state index in [9.17, 15) is 50.6 Å². The van der Waals surface area contributed by atoms with Crippen LogP contribution in [0.5, 0.6) is 11.5 Å². The zero-order valence-corrected chi connectivity index (χ0v) is 30.6. The number of carbonyl (C=O) groups is 4. The molecule has 1 aromatic heterocycles. The van der Waals surface area contributed by atoms with E-state index >= 15 is 8.78 Å². The van der Waals surface area contributed by atoms with Gasteiger partial charge in [0.15, 0.2) is 50.3 Å². The molecule has 0 unspecified atom stereocenters. The number of benzene rings is 2. The van der Waals surface area contributed by atoms with Gasteiger partial charge < -0.3 is 9.84 Å². The van der Waals surface area contributed by atoms with Crippen molar-refractivity contribution in [3.05, 3.63) is 87.3 Å². The second kappa shape index (κ2) is 13.2. The van der Waals surface area contributed by atoms with E-state index in [-0.39, 0.29) is 39.8 Å². The number of aromatic hydroxyl groups is 1. The van der Waals surface area contributed by atoms with Crippen molar-refractivity contribution in [1.82, 2.24) is 9.99 Å². The first-order chi connectivity index (χ1) is 26.1. The minimum atomic E-state index is -4.95. The highest BCUT2D eigenvalue weighted by atomic mass is 35.5. The number of pyridine rings is 1. The molecule has 3 heterocycles. The quantitative estimate of drug-likeness (QED) is 0.0693. The van der Waals surface area contributed by atoms with Crippen molar-refractivity contribution in [3.8, 4) is 11.5 Å². The van der Waals surface area contributed by atoms with Crippen LogP contribution in [0.3, 0.4) is 0 Å². The Morgan fingerprint density at radius 2 is 1.55 bits per heavy atom. The first-order valence-electron chi connectivity index (χ1n) is 16.4. The standard InChI is InChI=1S/C35H23Cl3F8N4O6/c1-3-56-17-6-4-5-14(27(17)51)20-12-7-8-13-19(30(53)50(29(13)52)48(2)28-16(36)9-10-18(47-28)35(44,45)46)15(12)11-33(37)31(54)49(32(55)34(20,33)38)26-24(42)22(40)21(39)23(41)25(26)43/h4-7,9-10,13,15,19-20,51H,3,8,11H2,1-2H3/t13-,15+,19-,20+,33+,34-/m0/s1. The number of phenolic OH excluding ortho intramolecular Hbond substituents is 1. The number of anilines is 2. The van der Waals surface area contributed by atoms with Crippen molar-refractivity contribution in [1.29, 1.82) is 0 Å². The third-order valence-corrected chi connectivity index (χ3v) is 12.3. The number of halogens is 11. The van der Waals surface area contributed by atoms with E-state index in [1.807, 2.05) is 0 Å². The summed E-state index contributed by atoms with van der Waals surface area (Å²) in [7, 11) is 1.05. The van der Waals surface area contributed by atoms with Crippen LogP contribution in [-0.4, -0.2) is 62.1 Å². The number of allylic oxidation sites excluding steroid dienone is 2. The van der Waals surface area contributed by atoms with E-state index < -0.39 is 122 Å². The first kappa shape index (κ1) is 39.6. The summed E-state index contributed by atoms with van der Waals surface area (Å²) in [6.45, 7) is 1.56. The number of rotatable bonds is 6. The minimum Gasteiger partial charge on any atom is -0.504 e. The first-order valence-corrected chi connectivity index (χ1v) is 17.6. The fourth-order valence-electron chi connectivity index (χ4n) is 8.15. The lowest BCUT2D eigenvalue weighted by molar-refractivity contribution is -0.141. The molecule has 10 nitrogen and oxygen atoms in total. The summed E-state index contributed by atoms with van der Waals surface area (Å²) in [6.07, 6.45) is -4.76. The summed E-state index contributed by atoms with van der Waals surface area (Å²) in [4.78, 5) is 54.5. The number of hydrazine groups is 1.